The molecular weight excluding hydrogens is 394 g/mol. The molecule has 0 N–H and O–H groups in total. The lowest BCUT2D eigenvalue weighted by Crippen LogP contribution is -2.43. The molecule has 0 saturated carbocycles. The number of hydrogen-bond donors (Lipinski definition) is 0. The van der Waals surface area contributed by atoms with Crippen LogP contribution in [0.25, 0.3) is 10.9 Å². The summed E-state index contributed by atoms with van der Waals surface area (Å²) in [4.78, 5) is 9.82. The third-order valence-electron chi connectivity index (χ3n) is 5.12. The minimum Gasteiger partial charge on any atom is -0.304 e. The summed E-state index contributed by atoms with van der Waals surface area (Å²) in [6.45, 7) is 5.04. The summed E-state index contributed by atoms with van der Waals surface area (Å²) in [5.74, 6) is 0. The van der Waals surface area contributed by atoms with Crippen LogP contribution in [-0.4, -0.2) is 56.4 Å². The van der Waals surface area contributed by atoms with Crippen LogP contribution in [0, 0.1) is 0 Å². The normalized spacial score (nSPS) is 16.0. The molecule has 0 aliphatic carbocycles. The Morgan fingerprint density at radius 1 is 0.929 bits per heavy atom. The predicted molar refractivity (Wildman–Crippen MR) is 114 cm³/mol. The number of sulfone groups is 1. The lowest BCUT2D eigenvalue weighted by atomic mass is 10.1. The van der Waals surface area contributed by atoms with Crippen LogP contribution in [0.4, 0.5) is 0 Å². The summed E-state index contributed by atoms with van der Waals surface area (Å²) in [7, 11) is -1.41. The molecule has 28 heavy (non-hydrogen) atoms. The van der Waals surface area contributed by atoms with Gasteiger partial charge in [-0.05, 0) is 30.8 Å². The molecule has 7 heteroatoms. The van der Waals surface area contributed by atoms with Crippen LogP contribution < -0.4 is 0 Å². The molecule has 2 heterocycles. The van der Waals surface area contributed by atoms with Gasteiger partial charge in [-0.1, -0.05) is 36.4 Å². The van der Waals surface area contributed by atoms with Gasteiger partial charge in [-0.3, -0.25) is 9.88 Å². The maximum absolute atomic E-state index is 12.9. The lowest BCUT2D eigenvalue weighted by molar-refractivity contribution is 0.148. The number of pyridine rings is 1. The van der Waals surface area contributed by atoms with Gasteiger partial charge in [-0.15, -0.1) is 12.4 Å². The standard InChI is InChI=1S/C21H23N3O2S.ClH/c1-23-10-12-24(13-11-23)16-18-7-5-6-17-14-20(15-22-21(17)18)27(25,26)19-8-3-2-4-9-19;/h2-9,14-15H,10-13,16H2,1H3;1H. The van der Waals surface area contributed by atoms with Gasteiger partial charge < -0.3 is 4.90 Å². The molecule has 3 aromatic rings. The van der Waals surface area contributed by atoms with Crippen molar-refractivity contribution >= 4 is 33.1 Å². The van der Waals surface area contributed by atoms with E-state index in [4.69, 9.17) is 0 Å². The molecule has 0 spiro atoms. The lowest BCUT2D eigenvalue weighted by Gasteiger charge is -2.32. The quantitative estimate of drug-likeness (QED) is 0.652. The van der Waals surface area contributed by atoms with Gasteiger partial charge >= 0.3 is 0 Å². The predicted octanol–water partition coefficient (Wildman–Crippen LogP) is 3.24. The molecular formula is C21H24ClN3O2S. The number of para-hydroxylation sites is 1. The number of fused-ring (bicyclic) bond motifs is 1. The van der Waals surface area contributed by atoms with Crippen molar-refractivity contribution in [2.45, 2.75) is 16.3 Å². The van der Waals surface area contributed by atoms with Gasteiger partial charge in [0.25, 0.3) is 0 Å². The largest absolute Gasteiger partial charge is 0.304 e. The zero-order valence-electron chi connectivity index (χ0n) is 15.8. The van der Waals surface area contributed by atoms with Gasteiger partial charge in [0, 0.05) is 44.3 Å². The first-order chi connectivity index (χ1) is 13.0. The molecule has 0 bridgehead atoms. The maximum Gasteiger partial charge on any atom is 0.208 e. The van der Waals surface area contributed by atoms with E-state index >= 15 is 0 Å². The zero-order chi connectivity index (χ0) is 18.9. The van der Waals surface area contributed by atoms with E-state index in [0.29, 0.717) is 4.90 Å². The van der Waals surface area contributed by atoms with Crippen molar-refractivity contribution in [3.8, 4) is 0 Å². The minimum atomic E-state index is -3.56. The van der Waals surface area contributed by atoms with Crippen molar-refractivity contribution in [2.24, 2.45) is 0 Å². The Hall–Kier alpha value is -1.99. The van der Waals surface area contributed by atoms with Crippen LogP contribution in [0.1, 0.15) is 5.56 Å². The van der Waals surface area contributed by atoms with Gasteiger partial charge in [-0.2, -0.15) is 0 Å². The van der Waals surface area contributed by atoms with Gasteiger partial charge in [0.1, 0.15) is 0 Å². The summed E-state index contributed by atoms with van der Waals surface area (Å²) in [6, 6.07) is 16.2. The Labute approximate surface area is 172 Å². The van der Waals surface area contributed by atoms with E-state index in [2.05, 4.69) is 27.9 Å². The average Bonchev–Trinajstić information content (AvgIpc) is 2.70. The number of halogens is 1. The Kier molecular flexibility index (Phi) is 6.35. The molecule has 0 radical (unpaired) electrons. The van der Waals surface area contributed by atoms with Gasteiger partial charge in [-0.25, -0.2) is 8.42 Å². The molecule has 2 aromatic carbocycles. The molecule has 148 valence electrons. The molecule has 5 nitrogen and oxygen atoms in total. The van der Waals surface area contributed by atoms with E-state index in [-0.39, 0.29) is 17.3 Å². The first-order valence-corrected chi connectivity index (χ1v) is 10.6. The van der Waals surface area contributed by atoms with Crippen LogP contribution in [0.15, 0.2) is 70.6 Å². The Balaban J connectivity index is 0.00000225. The first-order valence-electron chi connectivity index (χ1n) is 9.13. The fourth-order valence-electron chi connectivity index (χ4n) is 3.46. The third-order valence-corrected chi connectivity index (χ3v) is 6.86. The molecule has 0 amide bonds. The number of piperazine rings is 1. The fraction of sp³-hybridized carbons (Fsp3) is 0.286. The Morgan fingerprint density at radius 2 is 1.64 bits per heavy atom. The van der Waals surface area contributed by atoms with Gasteiger partial charge in [0.05, 0.1) is 15.3 Å². The van der Waals surface area contributed by atoms with Crippen molar-refractivity contribution in [3.63, 3.8) is 0 Å². The molecule has 1 aliphatic heterocycles. The highest BCUT2D eigenvalue weighted by Crippen LogP contribution is 2.25. The number of aromatic nitrogens is 1. The summed E-state index contributed by atoms with van der Waals surface area (Å²) in [5.41, 5.74) is 2.02. The van der Waals surface area contributed by atoms with Gasteiger partial charge in [0.15, 0.2) is 0 Å². The first kappa shape index (κ1) is 20.7. The highest BCUT2D eigenvalue weighted by molar-refractivity contribution is 7.91. The topological polar surface area (TPSA) is 53.5 Å². The van der Waals surface area contributed by atoms with Crippen LogP contribution in [0.3, 0.4) is 0 Å². The summed E-state index contributed by atoms with van der Waals surface area (Å²) >= 11 is 0. The van der Waals surface area contributed by atoms with E-state index in [1.165, 1.54) is 6.20 Å². The average molecular weight is 418 g/mol. The number of hydrogen-bond acceptors (Lipinski definition) is 5. The van der Waals surface area contributed by atoms with Gasteiger partial charge in [0.2, 0.25) is 9.84 Å². The Morgan fingerprint density at radius 3 is 2.36 bits per heavy atom. The molecule has 4 rings (SSSR count). The smallest absolute Gasteiger partial charge is 0.208 e. The highest BCUT2D eigenvalue weighted by Gasteiger charge is 2.19. The van der Waals surface area contributed by atoms with Crippen LogP contribution in [-0.2, 0) is 16.4 Å². The van der Waals surface area contributed by atoms with E-state index < -0.39 is 9.84 Å². The number of nitrogens with zero attached hydrogens (tertiary/aromatic N) is 3. The summed E-state index contributed by atoms with van der Waals surface area (Å²) in [5, 5.41) is 0.860. The third kappa shape index (κ3) is 4.20. The second-order valence-electron chi connectivity index (χ2n) is 7.06. The molecule has 0 unspecified atom stereocenters. The zero-order valence-corrected chi connectivity index (χ0v) is 17.4. The number of benzene rings is 2. The molecule has 0 atom stereocenters. The number of rotatable bonds is 4. The SMILES string of the molecule is CN1CCN(Cc2cccc3cc(S(=O)(=O)c4ccccc4)cnc23)CC1.Cl. The Bertz CT molecular complexity index is 1050. The molecule has 1 aromatic heterocycles. The monoisotopic (exact) mass is 417 g/mol. The van der Waals surface area contributed by atoms with E-state index in [9.17, 15) is 8.42 Å². The second-order valence-corrected chi connectivity index (χ2v) is 9.01. The van der Waals surface area contributed by atoms with Crippen molar-refractivity contribution in [2.75, 3.05) is 33.2 Å². The minimum absolute atomic E-state index is 0. The maximum atomic E-state index is 12.9. The van der Waals surface area contributed by atoms with Crippen molar-refractivity contribution in [1.82, 2.24) is 14.8 Å². The van der Waals surface area contributed by atoms with Crippen LogP contribution in [0.5, 0.6) is 0 Å². The van der Waals surface area contributed by atoms with Crippen molar-refractivity contribution in [3.05, 3.63) is 66.4 Å². The van der Waals surface area contributed by atoms with Crippen molar-refractivity contribution < 1.29 is 8.42 Å². The van der Waals surface area contributed by atoms with Crippen molar-refractivity contribution in [1.29, 1.82) is 0 Å². The molecule has 1 fully saturated rings. The van der Waals surface area contributed by atoms with Crippen LogP contribution in [0.2, 0.25) is 0 Å². The van der Waals surface area contributed by atoms with E-state index in [1.54, 1.807) is 30.3 Å². The molecule has 1 aliphatic rings. The second kappa shape index (κ2) is 8.57. The highest BCUT2D eigenvalue weighted by atomic mass is 35.5. The van der Waals surface area contributed by atoms with Crippen LogP contribution >= 0.6 is 12.4 Å². The summed E-state index contributed by atoms with van der Waals surface area (Å²) < 4.78 is 25.7. The number of likely N-dealkylation sites (N-methyl/N-ethyl adjacent to an activating group) is 1. The molecule has 1 saturated heterocycles. The van der Waals surface area contributed by atoms with E-state index in [0.717, 1.165) is 49.2 Å². The fourth-order valence-corrected chi connectivity index (χ4v) is 4.72. The summed E-state index contributed by atoms with van der Waals surface area (Å²) in [6.07, 6.45) is 1.48. The van der Waals surface area contributed by atoms with E-state index in [1.807, 2.05) is 18.2 Å².